The predicted molar refractivity (Wildman–Crippen MR) is 86.6 cm³/mol. The highest BCUT2D eigenvalue weighted by molar-refractivity contribution is 5.51. The zero-order chi connectivity index (χ0) is 17.4. The highest BCUT2D eigenvalue weighted by Gasteiger charge is 2.25. The van der Waals surface area contributed by atoms with Gasteiger partial charge in [-0.05, 0) is 12.8 Å². The third-order valence-electron chi connectivity index (χ3n) is 4.66. The van der Waals surface area contributed by atoms with E-state index in [1.165, 1.54) is 25.1 Å². The standard InChI is InChI=1S/C15H19N7O2/c1-20-11(18-19-12(20)9-5-4-6-9)8-17-13-10(7-16)14(23)22(3)15(24)21(13)2/h9,17H,4-6,8H2,1-3H3. The van der Waals surface area contributed by atoms with Crippen molar-refractivity contribution in [3.8, 4) is 6.07 Å². The number of nitrogens with one attached hydrogen (secondary N) is 1. The molecular formula is C15H19N7O2. The summed E-state index contributed by atoms with van der Waals surface area (Å²) in [6, 6.07) is 1.87. The Morgan fingerprint density at radius 2 is 1.88 bits per heavy atom. The minimum Gasteiger partial charge on any atom is -0.363 e. The summed E-state index contributed by atoms with van der Waals surface area (Å²) in [7, 11) is 4.77. The van der Waals surface area contributed by atoms with Gasteiger partial charge < -0.3 is 9.88 Å². The van der Waals surface area contributed by atoms with Gasteiger partial charge in [0.2, 0.25) is 0 Å². The van der Waals surface area contributed by atoms with Gasteiger partial charge in [0.05, 0.1) is 6.54 Å². The average Bonchev–Trinajstić information content (AvgIpc) is 2.87. The molecule has 1 aliphatic carbocycles. The number of hydrogen-bond acceptors (Lipinski definition) is 6. The van der Waals surface area contributed by atoms with E-state index in [1.807, 2.05) is 17.7 Å². The normalized spacial score (nSPS) is 14.2. The van der Waals surface area contributed by atoms with Gasteiger partial charge in [-0.3, -0.25) is 13.9 Å². The molecule has 3 rings (SSSR count). The predicted octanol–water partition coefficient (Wildman–Crippen LogP) is -0.0362. The van der Waals surface area contributed by atoms with Gasteiger partial charge in [-0.15, -0.1) is 10.2 Å². The molecule has 24 heavy (non-hydrogen) atoms. The van der Waals surface area contributed by atoms with E-state index in [1.54, 1.807) is 0 Å². The first kappa shape index (κ1) is 16.0. The van der Waals surface area contributed by atoms with E-state index in [0.717, 1.165) is 23.2 Å². The monoisotopic (exact) mass is 329 g/mol. The quantitative estimate of drug-likeness (QED) is 0.843. The summed E-state index contributed by atoms with van der Waals surface area (Å²) in [4.78, 5) is 24.1. The van der Waals surface area contributed by atoms with Crippen LogP contribution < -0.4 is 16.6 Å². The van der Waals surface area contributed by atoms with Crippen molar-refractivity contribution in [3.05, 3.63) is 38.1 Å². The van der Waals surface area contributed by atoms with Gasteiger partial charge in [-0.25, -0.2) is 4.79 Å². The maximum absolute atomic E-state index is 12.1. The highest BCUT2D eigenvalue weighted by Crippen LogP contribution is 2.35. The van der Waals surface area contributed by atoms with Crippen LogP contribution in [0.1, 0.15) is 42.4 Å². The third kappa shape index (κ3) is 2.40. The lowest BCUT2D eigenvalue weighted by Crippen LogP contribution is -2.39. The Hall–Kier alpha value is -2.89. The second-order valence-corrected chi connectivity index (χ2v) is 6.06. The first-order valence-electron chi connectivity index (χ1n) is 7.77. The van der Waals surface area contributed by atoms with Gasteiger partial charge in [0.25, 0.3) is 5.56 Å². The Morgan fingerprint density at radius 3 is 2.46 bits per heavy atom. The van der Waals surface area contributed by atoms with Crippen molar-refractivity contribution in [2.75, 3.05) is 5.32 Å². The van der Waals surface area contributed by atoms with Gasteiger partial charge >= 0.3 is 5.69 Å². The largest absolute Gasteiger partial charge is 0.363 e. The molecule has 0 saturated heterocycles. The van der Waals surface area contributed by atoms with E-state index in [9.17, 15) is 14.9 Å². The Labute approximate surface area is 138 Å². The summed E-state index contributed by atoms with van der Waals surface area (Å²) in [6.07, 6.45) is 3.47. The number of rotatable bonds is 4. The van der Waals surface area contributed by atoms with E-state index in [0.29, 0.717) is 11.7 Å². The van der Waals surface area contributed by atoms with E-state index < -0.39 is 11.2 Å². The summed E-state index contributed by atoms with van der Waals surface area (Å²) < 4.78 is 4.10. The second-order valence-electron chi connectivity index (χ2n) is 6.06. The Morgan fingerprint density at radius 1 is 1.17 bits per heavy atom. The van der Waals surface area contributed by atoms with Crippen molar-refractivity contribution < 1.29 is 0 Å². The van der Waals surface area contributed by atoms with Crippen LogP contribution in [0.15, 0.2) is 9.59 Å². The topological polar surface area (TPSA) is 111 Å². The number of aromatic nitrogens is 5. The average molecular weight is 329 g/mol. The third-order valence-corrected chi connectivity index (χ3v) is 4.66. The van der Waals surface area contributed by atoms with E-state index in [2.05, 4.69) is 15.5 Å². The lowest BCUT2D eigenvalue weighted by molar-refractivity contribution is 0.391. The molecule has 0 aliphatic heterocycles. The Balaban J connectivity index is 1.91. The van der Waals surface area contributed by atoms with Crippen molar-refractivity contribution >= 4 is 5.82 Å². The van der Waals surface area contributed by atoms with Gasteiger partial charge in [0.15, 0.2) is 11.4 Å². The molecule has 0 bridgehead atoms. The first-order chi connectivity index (χ1) is 11.5. The van der Waals surface area contributed by atoms with Gasteiger partial charge in [-0.2, -0.15) is 5.26 Å². The molecule has 0 atom stereocenters. The molecule has 2 aromatic heterocycles. The molecule has 0 amide bonds. The van der Waals surface area contributed by atoms with Crippen LogP contribution in [0.5, 0.6) is 0 Å². The fourth-order valence-electron chi connectivity index (χ4n) is 2.87. The molecule has 0 aromatic carbocycles. The van der Waals surface area contributed by atoms with Crippen molar-refractivity contribution in [3.63, 3.8) is 0 Å². The van der Waals surface area contributed by atoms with Crippen molar-refractivity contribution in [2.24, 2.45) is 21.1 Å². The zero-order valence-corrected chi connectivity index (χ0v) is 13.9. The first-order valence-corrected chi connectivity index (χ1v) is 7.77. The summed E-state index contributed by atoms with van der Waals surface area (Å²) in [6.45, 7) is 0.269. The molecular weight excluding hydrogens is 310 g/mol. The summed E-state index contributed by atoms with van der Waals surface area (Å²) in [5.41, 5.74) is -1.20. The van der Waals surface area contributed by atoms with Gasteiger partial charge in [0, 0.05) is 27.1 Å². The number of nitriles is 1. The fourth-order valence-corrected chi connectivity index (χ4v) is 2.87. The maximum Gasteiger partial charge on any atom is 0.332 e. The van der Waals surface area contributed by atoms with Crippen molar-refractivity contribution in [2.45, 2.75) is 31.7 Å². The molecule has 2 heterocycles. The van der Waals surface area contributed by atoms with E-state index >= 15 is 0 Å². The molecule has 1 N–H and O–H groups in total. The smallest absolute Gasteiger partial charge is 0.332 e. The highest BCUT2D eigenvalue weighted by atomic mass is 16.2. The molecule has 9 heteroatoms. The zero-order valence-electron chi connectivity index (χ0n) is 13.9. The van der Waals surface area contributed by atoms with Crippen molar-refractivity contribution in [1.29, 1.82) is 5.26 Å². The minimum atomic E-state index is -0.615. The Bertz CT molecular complexity index is 940. The fraction of sp³-hybridized carbons (Fsp3) is 0.533. The molecule has 0 radical (unpaired) electrons. The number of nitrogens with zero attached hydrogens (tertiary/aromatic N) is 6. The number of anilines is 1. The van der Waals surface area contributed by atoms with Crippen molar-refractivity contribution in [1.82, 2.24) is 23.9 Å². The SMILES string of the molecule is Cn1c(CNc2c(C#N)c(=O)n(C)c(=O)n2C)nnc1C1CCC1. The molecule has 1 aliphatic rings. The summed E-state index contributed by atoms with van der Waals surface area (Å²) >= 11 is 0. The molecule has 1 fully saturated rings. The molecule has 9 nitrogen and oxygen atoms in total. The Kier molecular flexibility index (Phi) is 3.97. The summed E-state index contributed by atoms with van der Waals surface area (Å²) in [5, 5.41) is 20.7. The van der Waals surface area contributed by atoms with Gasteiger partial charge in [-0.1, -0.05) is 6.42 Å². The van der Waals surface area contributed by atoms with Crippen LogP contribution in [-0.2, 0) is 27.7 Å². The van der Waals surface area contributed by atoms with Crippen LogP contribution in [0.4, 0.5) is 5.82 Å². The molecule has 2 aromatic rings. The lowest BCUT2D eigenvalue weighted by Gasteiger charge is -2.24. The minimum absolute atomic E-state index is 0.0963. The van der Waals surface area contributed by atoms with Crippen LogP contribution in [0.25, 0.3) is 0 Å². The number of hydrogen-bond donors (Lipinski definition) is 1. The molecule has 0 spiro atoms. The summed E-state index contributed by atoms with van der Waals surface area (Å²) in [5.74, 6) is 2.29. The lowest BCUT2D eigenvalue weighted by atomic mass is 9.85. The van der Waals surface area contributed by atoms with Crippen LogP contribution >= 0.6 is 0 Å². The van der Waals surface area contributed by atoms with Crippen LogP contribution in [0.2, 0.25) is 0 Å². The molecule has 1 saturated carbocycles. The van der Waals surface area contributed by atoms with Gasteiger partial charge in [0.1, 0.15) is 17.7 Å². The molecule has 126 valence electrons. The van der Waals surface area contributed by atoms with Crippen LogP contribution in [0.3, 0.4) is 0 Å². The van der Waals surface area contributed by atoms with Crippen LogP contribution in [0, 0.1) is 11.3 Å². The maximum atomic E-state index is 12.1. The van der Waals surface area contributed by atoms with E-state index in [4.69, 9.17) is 0 Å². The van der Waals surface area contributed by atoms with Crippen LogP contribution in [-0.4, -0.2) is 23.9 Å². The second kappa shape index (κ2) is 5.96. The molecule has 0 unspecified atom stereocenters. The van der Waals surface area contributed by atoms with E-state index in [-0.39, 0.29) is 17.9 Å².